The van der Waals surface area contributed by atoms with Crippen molar-refractivity contribution in [3.05, 3.63) is 17.6 Å². The highest BCUT2D eigenvalue weighted by Gasteiger charge is 2.14. The molecule has 112 valence electrons. The Morgan fingerprint density at radius 2 is 1.85 bits per heavy atom. The van der Waals surface area contributed by atoms with Crippen LogP contribution in [0.3, 0.4) is 0 Å². The molecule has 0 spiro atoms. The second-order valence-electron chi connectivity index (χ2n) is 5.91. The summed E-state index contributed by atoms with van der Waals surface area (Å²) in [4.78, 5) is 20.8. The van der Waals surface area contributed by atoms with E-state index in [4.69, 9.17) is 0 Å². The summed E-state index contributed by atoms with van der Waals surface area (Å²) in [5, 5.41) is 6.05. The first-order valence-electron chi connectivity index (χ1n) is 7.19. The Hall–Kier alpha value is -1.65. The van der Waals surface area contributed by atoms with Gasteiger partial charge in [0.1, 0.15) is 17.7 Å². The van der Waals surface area contributed by atoms with Gasteiger partial charge in [0.15, 0.2) is 0 Å². The fourth-order valence-corrected chi connectivity index (χ4v) is 1.67. The molecular weight excluding hydrogens is 252 g/mol. The van der Waals surface area contributed by atoms with E-state index in [1.165, 1.54) is 0 Å². The molecule has 0 saturated carbocycles. The molecule has 20 heavy (non-hydrogen) atoms. The highest BCUT2D eigenvalue weighted by Crippen LogP contribution is 2.14. The van der Waals surface area contributed by atoms with E-state index in [1.807, 2.05) is 19.9 Å². The minimum Gasteiger partial charge on any atom is -0.359 e. The number of carbonyl (C=O) groups excluding carboxylic acids is 1. The Balaban J connectivity index is 2.70. The first-order chi connectivity index (χ1) is 9.29. The molecule has 5 nitrogen and oxygen atoms in total. The van der Waals surface area contributed by atoms with Crippen LogP contribution in [0.5, 0.6) is 0 Å². The SMILES string of the molecule is Cc1cc(NC(C)C(=O)NCC(C)C)nc(C(C)C)n1. The Bertz CT molecular complexity index is 457. The maximum absolute atomic E-state index is 11.9. The van der Waals surface area contributed by atoms with Crippen LogP contribution in [0.25, 0.3) is 0 Å². The number of aromatic nitrogens is 2. The molecule has 0 bridgehead atoms. The van der Waals surface area contributed by atoms with Crippen molar-refractivity contribution >= 4 is 11.7 Å². The third-order valence-corrected chi connectivity index (χ3v) is 2.83. The molecule has 1 rings (SSSR count). The summed E-state index contributed by atoms with van der Waals surface area (Å²) in [5.41, 5.74) is 0.904. The molecule has 0 aliphatic rings. The van der Waals surface area contributed by atoms with Gasteiger partial charge in [-0.1, -0.05) is 27.7 Å². The van der Waals surface area contributed by atoms with Crippen molar-refractivity contribution in [1.29, 1.82) is 0 Å². The van der Waals surface area contributed by atoms with E-state index >= 15 is 0 Å². The van der Waals surface area contributed by atoms with Crippen LogP contribution >= 0.6 is 0 Å². The number of carbonyl (C=O) groups is 1. The quantitative estimate of drug-likeness (QED) is 0.839. The number of hydrogen-bond acceptors (Lipinski definition) is 4. The van der Waals surface area contributed by atoms with Crippen molar-refractivity contribution < 1.29 is 4.79 Å². The lowest BCUT2D eigenvalue weighted by Crippen LogP contribution is -2.39. The lowest BCUT2D eigenvalue weighted by molar-refractivity contribution is -0.121. The van der Waals surface area contributed by atoms with Crippen LogP contribution in [0.15, 0.2) is 6.07 Å². The summed E-state index contributed by atoms with van der Waals surface area (Å²) in [6, 6.07) is 1.54. The summed E-state index contributed by atoms with van der Waals surface area (Å²) in [5.74, 6) is 2.19. The van der Waals surface area contributed by atoms with E-state index in [9.17, 15) is 4.79 Å². The average molecular weight is 278 g/mol. The van der Waals surface area contributed by atoms with Crippen LogP contribution in [-0.2, 0) is 4.79 Å². The molecule has 1 atom stereocenters. The summed E-state index contributed by atoms with van der Waals surface area (Å²) in [6.07, 6.45) is 0. The zero-order valence-electron chi connectivity index (χ0n) is 13.3. The molecule has 0 aromatic carbocycles. The molecule has 5 heteroatoms. The van der Waals surface area contributed by atoms with E-state index in [0.717, 1.165) is 11.5 Å². The van der Waals surface area contributed by atoms with E-state index in [2.05, 4.69) is 48.3 Å². The number of rotatable bonds is 6. The third kappa shape index (κ3) is 5.15. The van der Waals surface area contributed by atoms with Crippen molar-refractivity contribution in [2.45, 2.75) is 53.5 Å². The van der Waals surface area contributed by atoms with Gasteiger partial charge in [0.25, 0.3) is 0 Å². The smallest absolute Gasteiger partial charge is 0.242 e. The molecule has 0 saturated heterocycles. The zero-order valence-corrected chi connectivity index (χ0v) is 13.3. The Labute approximate surface area is 121 Å². The molecular formula is C15H26N4O. The van der Waals surface area contributed by atoms with Gasteiger partial charge in [-0.15, -0.1) is 0 Å². The molecule has 0 radical (unpaired) electrons. The van der Waals surface area contributed by atoms with Crippen molar-refractivity contribution in [3.63, 3.8) is 0 Å². The highest BCUT2D eigenvalue weighted by atomic mass is 16.2. The lowest BCUT2D eigenvalue weighted by atomic mass is 10.2. The van der Waals surface area contributed by atoms with Crippen molar-refractivity contribution in [1.82, 2.24) is 15.3 Å². The van der Waals surface area contributed by atoms with Crippen LogP contribution in [0, 0.1) is 12.8 Å². The number of aryl methyl sites for hydroxylation is 1. The van der Waals surface area contributed by atoms with Crippen LogP contribution in [0.2, 0.25) is 0 Å². The molecule has 1 aromatic rings. The zero-order chi connectivity index (χ0) is 15.3. The highest BCUT2D eigenvalue weighted by molar-refractivity contribution is 5.83. The fourth-order valence-electron chi connectivity index (χ4n) is 1.67. The first-order valence-corrected chi connectivity index (χ1v) is 7.19. The molecule has 0 aliphatic heterocycles. The standard InChI is InChI=1S/C15H26N4O/c1-9(2)8-16-15(20)12(6)18-13-7-11(5)17-14(19-13)10(3)4/h7,9-10,12H,8H2,1-6H3,(H,16,20)(H,17,18,19). The molecule has 1 unspecified atom stereocenters. The maximum atomic E-state index is 11.9. The lowest BCUT2D eigenvalue weighted by Gasteiger charge is -2.17. The Morgan fingerprint density at radius 3 is 2.40 bits per heavy atom. The topological polar surface area (TPSA) is 66.9 Å². The molecule has 2 N–H and O–H groups in total. The van der Waals surface area contributed by atoms with Crippen LogP contribution in [-0.4, -0.2) is 28.5 Å². The van der Waals surface area contributed by atoms with Crippen molar-refractivity contribution in [2.24, 2.45) is 5.92 Å². The Kier molecular flexibility index (Phi) is 5.92. The average Bonchev–Trinajstić information content (AvgIpc) is 2.34. The molecule has 0 fully saturated rings. The van der Waals surface area contributed by atoms with Crippen LogP contribution in [0.1, 0.15) is 52.1 Å². The van der Waals surface area contributed by atoms with E-state index in [0.29, 0.717) is 18.3 Å². The number of anilines is 1. The van der Waals surface area contributed by atoms with Gasteiger partial charge in [0, 0.05) is 24.2 Å². The Morgan fingerprint density at radius 1 is 1.20 bits per heavy atom. The van der Waals surface area contributed by atoms with Gasteiger partial charge in [0.2, 0.25) is 5.91 Å². The van der Waals surface area contributed by atoms with Gasteiger partial charge in [0.05, 0.1) is 0 Å². The second kappa shape index (κ2) is 7.22. The van der Waals surface area contributed by atoms with Gasteiger partial charge in [-0.3, -0.25) is 4.79 Å². The molecule has 1 amide bonds. The largest absolute Gasteiger partial charge is 0.359 e. The van der Waals surface area contributed by atoms with E-state index in [1.54, 1.807) is 0 Å². The maximum Gasteiger partial charge on any atom is 0.242 e. The molecule has 1 heterocycles. The van der Waals surface area contributed by atoms with Gasteiger partial charge in [-0.2, -0.15) is 0 Å². The van der Waals surface area contributed by atoms with Gasteiger partial charge >= 0.3 is 0 Å². The predicted molar refractivity (Wildman–Crippen MR) is 81.8 cm³/mol. The predicted octanol–water partition coefficient (Wildman–Crippen LogP) is 2.48. The van der Waals surface area contributed by atoms with Crippen molar-refractivity contribution in [3.8, 4) is 0 Å². The summed E-state index contributed by atoms with van der Waals surface area (Å²) in [7, 11) is 0. The minimum atomic E-state index is -0.317. The summed E-state index contributed by atoms with van der Waals surface area (Å²) >= 11 is 0. The third-order valence-electron chi connectivity index (χ3n) is 2.83. The van der Waals surface area contributed by atoms with E-state index in [-0.39, 0.29) is 17.9 Å². The number of amides is 1. The number of nitrogens with one attached hydrogen (secondary N) is 2. The van der Waals surface area contributed by atoms with Crippen LogP contribution < -0.4 is 10.6 Å². The summed E-state index contributed by atoms with van der Waals surface area (Å²) in [6.45, 7) is 12.7. The fraction of sp³-hybridized carbons (Fsp3) is 0.667. The second-order valence-corrected chi connectivity index (χ2v) is 5.91. The molecule has 1 aromatic heterocycles. The van der Waals surface area contributed by atoms with Gasteiger partial charge < -0.3 is 10.6 Å². The number of hydrogen-bond donors (Lipinski definition) is 2. The number of nitrogens with zero attached hydrogens (tertiary/aromatic N) is 2. The van der Waals surface area contributed by atoms with Crippen LogP contribution in [0.4, 0.5) is 5.82 Å². The van der Waals surface area contributed by atoms with Gasteiger partial charge in [-0.05, 0) is 19.8 Å². The molecule has 0 aliphatic carbocycles. The monoisotopic (exact) mass is 278 g/mol. The first kappa shape index (κ1) is 16.4. The van der Waals surface area contributed by atoms with E-state index < -0.39 is 0 Å². The van der Waals surface area contributed by atoms with Crippen molar-refractivity contribution in [2.75, 3.05) is 11.9 Å². The minimum absolute atomic E-state index is 0.0129. The van der Waals surface area contributed by atoms with Gasteiger partial charge in [-0.25, -0.2) is 9.97 Å². The summed E-state index contributed by atoms with van der Waals surface area (Å²) < 4.78 is 0. The normalized spacial score (nSPS) is 12.6.